The van der Waals surface area contributed by atoms with Gasteiger partial charge in [-0.25, -0.2) is 4.79 Å². The van der Waals surface area contributed by atoms with Crippen molar-refractivity contribution in [3.8, 4) is 5.75 Å². The first-order chi connectivity index (χ1) is 14.2. The Kier molecular flexibility index (Phi) is 11.0. The van der Waals surface area contributed by atoms with Crippen molar-refractivity contribution in [2.45, 2.75) is 84.2 Å². The fraction of sp³-hybridized carbons (Fsp3) is 0.500. The van der Waals surface area contributed by atoms with E-state index in [1.165, 1.54) is 32.1 Å². The standard InChI is InChI=1S/C26H36O3/c1-3-5-7-8-9-13-20-24(23-17-11-10-12-18-23)28-26(27)29-25-21-15-14-19-22(25)16-6-4-2/h10-12,14-15,17-19,21,24H,3-9,13,16,20H2,1-2H3. The molecule has 0 aliphatic rings. The van der Waals surface area contributed by atoms with Crippen LogP contribution in [0, 0.1) is 0 Å². The quantitative estimate of drug-likeness (QED) is 0.195. The van der Waals surface area contributed by atoms with Crippen LogP contribution < -0.4 is 4.74 Å². The SMILES string of the molecule is CCCCCCCCC(OC(=O)Oc1ccccc1CCCC)c1ccccc1. The molecule has 1 unspecified atom stereocenters. The van der Waals surface area contributed by atoms with Crippen LogP contribution in [0.3, 0.4) is 0 Å². The zero-order valence-electron chi connectivity index (χ0n) is 18.1. The van der Waals surface area contributed by atoms with Crippen LogP contribution in [0.25, 0.3) is 0 Å². The first kappa shape index (κ1) is 23.0. The summed E-state index contributed by atoms with van der Waals surface area (Å²) in [4.78, 5) is 12.6. The van der Waals surface area contributed by atoms with Gasteiger partial charge in [-0.15, -0.1) is 0 Å². The van der Waals surface area contributed by atoms with E-state index in [-0.39, 0.29) is 6.10 Å². The Morgan fingerprint density at radius 3 is 2.21 bits per heavy atom. The number of para-hydroxylation sites is 1. The van der Waals surface area contributed by atoms with Crippen molar-refractivity contribution in [2.75, 3.05) is 0 Å². The summed E-state index contributed by atoms with van der Waals surface area (Å²) in [5, 5.41) is 0. The number of carbonyl (C=O) groups is 1. The van der Waals surface area contributed by atoms with Crippen molar-refractivity contribution < 1.29 is 14.3 Å². The molecule has 0 aromatic heterocycles. The summed E-state index contributed by atoms with van der Waals surface area (Å²) in [6.07, 6.45) is 10.3. The Bertz CT molecular complexity index is 696. The van der Waals surface area contributed by atoms with Crippen LogP contribution in [-0.2, 0) is 11.2 Å². The lowest BCUT2D eigenvalue weighted by Gasteiger charge is -2.18. The maximum Gasteiger partial charge on any atom is 0.514 e. The van der Waals surface area contributed by atoms with Crippen LogP contribution >= 0.6 is 0 Å². The molecule has 2 aromatic carbocycles. The minimum atomic E-state index is -0.617. The van der Waals surface area contributed by atoms with E-state index in [1.54, 1.807) is 0 Å². The molecule has 0 amide bonds. The number of benzene rings is 2. The van der Waals surface area contributed by atoms with Crippen LogP contribution in [0.2, 0.25) is 0 Å². The molecule has 0 fully saturated rings. The topological polar surface area (TPSA) is 35.5 Å². The number of hydrogen-bond donors (Lipinski definition) is 0. The number of aryl methyl sites for hydroxylation is 1. The predicted molar refractivity (Wildman–Crippen MR) is 119 cm³/mol. The van der Waals surface area contributed by atoms with Gasteiger partial charge in [0.05, 0.1) is 0 Å². The lowest BCUT2D eigenvalue weighted by Crippen LogP contribution is -2.16. The molecule has 3 nitrogen and oxygen atoms in total. The van der Waals surface area contributed by atoms with Crippen LogP contribution in [0.15, 0.2) is 54.6 Å². The molecule has 1 atom stereocenters. The molecule has 0 bridgehead atoms. The van der Waals surface area contributed by atoms with Gasteiger partial charge in [0.2, 0.25) is 0 Å². The molecule has 0 saturated heterocycles. The summed E-state index contributed by atoms with van der Waals surface area (Å²) in [7, 11) is 0. The summed E-state index contributed by atoms with van der Waals surface area (Å²) in [6.45, 7) is 4.38. The Hall–Kier alpha value is -2.29. The Labute approximate surface area is 176 Å². The average Bonchev–Trinajstić information content (AvgIpc) is 2.75. The molecule has 0 aliphatic carbocycles. The highest BCUT2D eigenvalue weighted by molar-refractivity contribution is 5.65. The lowest BCUT2D eigenvalue weighted by molar-refractivity contribution is 0.0525. The van der Waals surface area contributed by atoms with Crippen molar-refractivity contribution in [3.63, 3.8) is 0 Å². The van der Waals surface area contributed by atoms with E-state index < -0.39 is 6.16 Å². The number of carbonyl (C=O) groups excluding carboxylic acids is 1. The van der Waals surface area contributed by atoms with Crippen LogP contribution in [0.4, 0.5) is 4.79 Å². The molecule has 158 valence electrons. The molecule has 2 rings (SSSR count). The van der Waals surface area contributed by atoms with Crippen LogP contribution in [-0.4, -0.2) is 6.16 Å². The van der Waals surface area contributed by atoms with E-state index >= 15 is 0 Å². The number of rotatable bonds is 13. The maximum absolute atomic E-state index is 12.6. The summed E-state index contributed by atoms with van der Waals surface area (Å²) in [6, 6.07) is 17.7. The molecule has 29 heavy (non-hydrogen) atoms. The van der Waals surface area contributed by atoms with E-state index in [2.05, 4.69) is 13.8 Å². The molecule has 3 heteroatoms. The summed E-state index contributed by atoms with van der Waals surface area (Å²) < 4.78 is 11.4. The van der Waals surface area contributed by atoms with Crippen molar-refractivity contribution in [3.05, 3.63) is 65.7 Å². The lowest BCUT2D eigenvalue weighted by atomic mass is 10.0. The van der Waals surface area contributed by atoms with Gasteiger partial charge >= 0.3 is 6.16 Å². The van der Waals surface area contributed by atoms with Gasteiger partial charge in [0.25, 0.3) is 0 Å². The fourth-order valence-corrected chi connectivity index (χ4v) is 3.48. The van der Waals surface area contributed by atoms with Crippen molar-refractivity contribution in [1.82, 2.24) is 0 Å². The van der Waals surface area contributed by atoms with Gasteiger partial charge in [-0.05, 0) is 42.9 Å². The highest BCUT2D eigenvalue weighted by Gasteiger charge is 2.19. The molecule has 0 spiro atoms. The molecular weight excluding hydrogens is 360 g/mol. The van der Waals surface area contributed by atoms with Crippen LogP contribution in [0.1, 0.15) is 88.9 Å². The summed E-state index contributed by atoms with van der Waals surface area (Å²) in [5.74, 6) is 0.609. The van der Waals surface area contributed by atoms with Gasteiger partial charge in [0.1, 0.15) is 11.9 Å². The largest absolute Gasteiger partial charge is 0.514 e. The molecule has 0 N–H and O–H groups in total. The van der Waals surface area contributed by atoms with Crippen molar-refractivity contribution in [2.24, 2.45) is 0 Å². The van der Waals surface area contributed by atoms with Gasteiger partial charge in [-0.3, -0.25) is 0 Å². The van der Waals surface area contributed by atoms with Crippen LogP contribution in [0.5, 0.6) is 5.75 Å². The molecule has 0 aliphatic heterocycles. The second-order valence-corrected chi connectivity index (χ2v) is 7.64. The van der Waals surface area contributed by atoms with Crippen molar-refractivity contribution in [1.29, 1.82) is 0 Å². The van der Waals surface area contributed by atoms with Gasteiger partial charge in [-0.2, -0.15) is 0 Å². The number of hydrogen-bond acceptors (Lipinski definition) is 3. The third-order valence-electron chi connectivity index (χ3n) is 5.20. The second kappa shape index (κ2) is 13.8. The zero-order valence-corrected chi connectivity index (χ0v) is 18.1. The normalized spacial score (nSPS) is 11.8. The average molecular weight is 397 g/mol. The Balaban J connectivity index is 1.94. The molecular formula is C26H36O3. The highest BCUT2D eigenvalue weighted by Crippen LogP contribution is 2.26. The monoisotopic (exact) mass is 396 g/mol. The van der Waals surface area contributed by atoms with Gasteiger partial charge in [0, 0.05) is 0 Å². The Morgan fingerprint density at radius 1 is 0.793 bits per heavy atom. The molecule has 0 radical (unpaired) electrons. The van der Waals surface area contributed by atoms with E-state index in [1.807, 2.05) is 54.6 Å². The molecule has 0 saturated carbocycles. The van der Waals surface area contributed by atoms with E-state index in [0.717, 1.165) is 43.2 Å². The predicted octanol–water partition coefficient (Wildman–Crippen LogP) is 8.04. The Morgan fingerprint density at radius 2 is 1.45 bits per heavy atom. The third-order valence-corrected chi connectivity index (χ3v) is 5.20. The first-order valence-electron chi connectivity index (χ1n) is 11.3. The second-order valence-electron chi connectivity index (χ2n) is 7.64. The summed E-state index contributed by atoms with van der Waals surface area (Å²) >= 11 is 0. The third kappa shape index (κ3) is 8.72. The number of unbranched alkanes of at least 4 members (excludes halogenated alkanes) is 6. The minimum Gasteiger partial charge on any atom is -0.426 e. The van der Waals surface area contributed by atoms with E-state index in [9.17, 15) is 4.79 Å². The van der Waals surface area contributed by atoms with Crippen molar-refractivity contribution >= 4 is 6.16 Å². The molecule has 2 aromatic rings. The van der Waals surface area contributed by atoms with Gasteiger partial charge in [0.15, 0.2) is 0 Å². The first-order valence-corrected chi connectivity index (χ1v) is 11.3. The van der Waals surface area contributed by atoms with Gasteiger partial charge in [-0.1, -0.05) is 101 Å². The molecule has 0 heterocycles. The maximum atomic E-state index is 12.6. The zero-order chi connectivity index (χ0) is 20.7. The van der Waals surface area contributed by atoms with Gasteiger partial charge < -0.3 is 9.47 Å². The fourth-order valence-electron chi connectivity index (χ4n) is 3.48. The smallest absolute Gasteiger partial charge is 0.426 e. The minimum absolute atomic E-state index is 0.266. The van der Waals surface area contributed by atoms with E-state index in [0.29, 0.717) is 5.75 Å². The summed E-state index contributed by atoms with van der Waals surface area (Å²) in [5.41, 5.74) is 2.08. The number of ether oxygens (including phenoxy) is 2. The van der Waals surface area contributed by atoms with E-state index in [4.69, 9.17) is 9.47 Å². The highest BCUT2D eigenvalue weighted by atomic mass is 16.7.